The van der Waals surface area contributed by atoms with Gasteiger partial charge in [-0.3, -0.25) is 0 Å². The van der Waals surface area contributed by atoms with Crippen LogP contribution in [0.15, 0.2) is 0 Å². The van der Waals surface area contributed by atoms with Crippen molar-refractivity contribution in [3.8, 4) is 0 Å². The normalized spacial score (nSPS) is 48.3. The van der Waals surface area contributed by atoms with E-state index in [1.54, 1.807) is 0 Å². The SMILES string of the molecule is BrC[C@@H]1C[C@@H]2CC[C@H]1N2. The molecule has 2 heteroatoms. The lowest BCUT2D eigenvalue weighted by molar-refractivity contribution is 0.448. The van der Waals surface area contributed by atoms with Gasteiger partial charge in [-0.2, -0.15) is 0 Å². The topological polar surface area (TPSA) is 12.0 Å². The van der Waals surface area contributed by atoms with Crippen LogP contribution in [-0.2, 0) is 0 Å². The van der Waals surface area contributed by atoms with E-state index in [4.69, 9.17) is 0 Å². The van der Waals surface area contributed by atoms with Gasteiger partial charge in [-0.15, -0.1) is 0 Å². The van der Waals surface area contributed by atoms with Crippen molar-refractivity contribution in [2.24, 2.45) is 5.92 Å². The molecule has 9 heavy (non-hydrogen) atoms. The first kappa shape index (κ1) is 6.17. The summed E-state index contributed by atoms with van der Waals surface area (Å²) in [6.07, 6.45) is 4.25. The zero-order valence-corrected chi connectivity index (χ0v) is 7.02. The van der Waals surface area contributed by atoms with E-state index in [9.17, 15) is 0 Å². The fraction of sp³-hybridized carbons (Fsp3) is 1.00. The molecule has 2 rings (SSSR count). The molecule has 0 unspecified atom stereocenters. The van der Waals surface area contributed by atoms with Gasteiger partial charge in [0.2, 0.25) is 0 Å². The zero-order valence-electron chi connectivity index (χ0n) is 5.44. The van der Waals surface area contributed by atoms with Crippen LogP contribution in [0.2, 0.25) is 0 Å². The maximum absolute atomic E-state index is 3.60. The average molecular weight is 190 g/mol. The Kier molecular flexibility index (Phi) is 1.54. The summed E-state index contributed by atoms with van der Waals surface area (Å²) in [7, 11) is 0. The molecule has 2 heterocycles. The lowest BCUT2D eigenvalue weighted by Gasteiger charge is -2.16. The molecule has 0 aromatic heterocycles. The molecule has 0 aliphatic carbocycles. The van der Waals surface area contributed by atoms with Crippen LogP contribution in [0, 0.1) is 5.92 Å². The van der Waals surface area contributed by atoms with Gasteiger partial charge >= 0.3 is 0 Å². The van der Waals surface area contributed by atoms with Gasteiger partial charge < -0.3 is 5.32 Å². The lowest BCUT2D eigenvalue weighted by Crippen LogP contribution is -2.23. The van der Waals surface area contributed by atoms with Crippen molar-refractivity contribution in [2.45, 2.75) is 31.3 Å². The van der Waals surface area contributed by atoms with Crippen molar-refractivity contribution in [1.82, 2.24) is 5.32 Å². The van der Waals surface area contributed by atoms with E-state index in [1.807, 2.05) is 0 Å². The first-order chi connectivity index (χ1) is 4.40. The molecule has 0 spiro atoms. The predicted molar refractivity (Wildman–Crippen MR) is 41.8 cm³/mol. The Balaban J connectivity index is 2.01. The summed E-state index contributed by atoms with van der Waals surface area (Å²) in [6, 6.07) is 1.73. The van der Waals surface area contributed by atoms with Crippen LogP contribution in [0.25, 0.3) is 0 Å². The van der Waals surface area contributed by atoms with Gasteiger partial charge in [-0.25, -0.2) is 0 Å². The molecule has 1 N–H and O–H groups in total. The van der Waals surface area contributed by atoms with Crippen LogP contribution in [0.4, 0.5) is 0 Å². The Morgan fingerprint density at radius 3 is 2.67 bits per heavy atom. The van der Waals surface area contributed by atoms with E-state index in [0.717, 1.165) is 18.0 Å². The van der Waals surface area contributed by atoms with Gasteiger partial charge in [0.25, 0.3) is 0 Å². The maximum Gasteiger partial charge on any atom is 0.0107 e. The number of nitrogens with one attached hydrogen (secondary N) is 1. The van der Waals surface area contributed by atoms with E-state index in [0.29, 0.717) is 0 Å². The summed E-state index contributed by atoms with van der Waals surface area (Å²) >= 11 is 3.54. The molecule has 0 saturated carbocycles. The number of fused-ring (bicyclic) bond motifs is 2. The second-order valence-corrected chi connectivity index (χ2v) is 3.84. The monoisotopic (exact) mass is 189 g/mol. The Morgan fingerprint density at radius 1 is 1.44 bits per heavy atom. The summed E-state index contributed by atoms with van der Waals surface area (Å²) < 4.78 is 0. The summed E-state index contributed by atoms with van der Waals surface area (Å²) in [5, 5.41) is 4.79. The van der Waals surface area contributed by atoms with Crippen LogP contribution >= 0.6 is 15.9 Å². The highest BCUT2D eigenvalue weighted by atomic mass is 79.9. The van der Waals surface area contributed by atoms with Gasteiger partial charge in [-0.1, -0.05) is 15.9 Å². The standard InChI is InChI=1S/C7H12BrN/c8-4-5-3-6-1-2-7(5)9-6/h5-7,9H,1-4H2/t5-,6-,7+/m0/s1. The zero-order chi connectivity index (χ0) is 6.27. The predicted octanol–water partition coefficient (Wildman–Crippen LogP) is 1.52. The van der Waals surface area contributed by atoms with Crippen molar-refractivity contribution in [3.63, 3.8) is 0 Å². The summed E-state index contributed by atoms with van der Waals surface area (Å²) in [4.78, 5) is 0. The quantitative estimate of drug-likeness (QED) is 0.618. The van der Waals surface area contributed by atoms with Crippen LogP contribution < -0.4 is 5.32 Å². The minimum Gasteiger partial charge on any atom is -0.311 e. The molecule has 2 aliphatic rings. The first-order valence-corrected chi connectivity index (χ1v) is 4.84. The number of alkyl halides is 1. The van der Waals surface area contributed by atoms with E-state index in [2.05, 4.69) is 21.2 Å². The third-order valence-electron chi connectivity index (χ3n) is 2.63. The van der Waals surface area contributed by atoms with Crippen molar-refractivity contribution in [1.29, 1.82) is 0 Å². The van der Waals surface area contributed by atoms with E-state index < -0.39 is 0 Å². The highest BCUT2D eigenvalue weighted by Crippen LogP contribution is 2.33. The smallest absolute Gasteiger partial charge is 0.0107 e. The molecule has 0 radical (unpaired) electrons. The molecule has 0 aromatic rings. The van der Waals surface area contributed by atoms with Gasteiger partial charge in [0.05, 0.1) is 0 Å². The number of rotatable bonds is 1. The minimum atomic E-state index is 0.856. The Bertz CT molecular complexity index is 115. The van der Waals surface area contributed by atoms with Crippen molar-refractivity contribution >= 4 is 15.9 Å². The van der Waals surface area contributed by atoms with Gasteiger partial charge in [-0.05, 0) is 25.2 Å². The van der Waals surface area contributed by atoms with Crippen LogP contribution in [-0.4, -0.2) is 17.4 Å². The Hall–Kier alpha value is 0.440. The minimum absolute atomic E-state index is 0.856. The molecule has 0 amide bonds. The first-order valence-electron chi connectivity index (χ1n) is 3.72. The fourth-order valence-electron chi connectivity index (χ4n) is 2.11. The molecular weight excluding hydrogens is 178 g/mol. The second kappa shape index (κ2) is 2.24. The summed E-state index contributed by atoms with van der Waals surface area (Å²) in [5.74, 6) is 0.934. The molecular formula is C7H12BrN. The maximum atomic E-state index is 3.60. The van der Waals surface area contributed by atoms with Crippen molar-refractivity contribution in [3.05, 3.63) is 0 Å². The second-order valence-electron chi connectivity index (χ2n) is 3.20. The highest BCUT2D eigenvalue weighted by molar-refractivity contribution is 9.09. The van der Waals surface area contributed by atoms with Crippen molar-refractivity contribution < 1.29 is 0 Å². The van der Waals surface area contributed by atoms with E-state index in [1.165, 1.54) is 24.6 Å². The molecule has 2 aliphatic heterocycles. The molecule has 2 fully saturated rings. The fourth-order valence-corrected chi connectivity index (χ4v) is 2.82. The lowest BCUT2D eigenvalue weighted by atomic mass is 9.91. The van der Waals surface area contributed by atoms with Gasteiger partial charge in [0, 0.05) is 17.4 Å². The molecule has 0 aromatic carbocycles. The summed E-state index contributed by atoms with van der Waals surface area (Å²) in [6.45, 7) is 0. The van der Waals surface area contributed by atoms with E-state index in [-0.39, 0.29) is 0 Å². The largest absolute Gasteiger partial charge is 0.311 e. The Morgan fingerprint density at radius 2 is 2.33 bits per heavy atom. The van der Waals surface area contributed by atoms with Gasteiger partial charge in [0.1, 0.15) is 0 Å². The molecule has 2 saturated heterocycles. The number of halogens is 1. The van der Waals surface area contributed by atoms with Crippen LogP contribution in [0.1, 0.15) is 19.3 Å². The molecule has 1 nitrogen and oxygen atoms in total. The number of hydrogen-bond acceptors (Lipinski definition) is 1. The average Bonchev–Trinajstić information content (AvgIpc) is 2.45. The molecule has 2 bridgehead atoms. The molecule has 52 valence electrons. The van der Waals surface area contributed by atoms with E-state index >= 15 is 0 Å². The highest BCUT2D eigenvalue weighted by Gasteiger charge is 2.37. The summed E-state index contributed by atoms with van der Waals surface area (Å²) in [5.41, 5.74) is 0. The number of hydrogen-bond donors (Lipinski definition) is 1. The third kappa shape index (κ3) is 0.926. The van der Waals surface area contributed by atoms with Crippen LogP contribution in [0.5, 0.6) is 0 Å². The van der Waals surface area contributed by atoms with Crippen LogP contribution in [0.3, 0.4) is 0 Å². The van der Waals surface area contributed by atoms with Gasteiger partial charge in [0.15, 0.2) is 0 Å². The Labute approximate surface area is 64.3 Å². The third-order valence-corrected chi connectivity index (χ3v) is 3.46. The van der Waals surface area contributed by atoms with Crippen molar-refractivity contribution in [2.75, 3.05) is 5.33 Å². The molecule has 3 atom stereocenters.